The first-order chi connectivity index (χ1) is 9.65. The van der Waals surface area contributed by atoms with Gasteiger partial charge in [0.15, 0.2) is 0 Å². The molecule has 1 aliphatic carbocycles. The minimum atomic E-state index is 0.405. The van der Waals surface area contributed by atoms with E-state index in [0.717, 1.165) is 13.0 Å². The summed E-state index contributed by atoms with van der Waals surface area (Å²) in [5.41, 5.74) is 2.77. The number of fused-ring (bicyclic) bond motifs is 1. The van der Waals surface area contributed by atoms with Gasteiger partial charge in [-0.2, -0.15) is 0 Å². The first-order valence-corrected chi connectivity index (χ1v) is 7.87. The number of aromatic hydroxyl groups is 1. The molecule has 110 valence electrons. The highest BCUT2D eigenvalue weighted by Crippen LogP contribution is 2.35. The highest BCUT2D eigenvalue weighted by molar-refractivity contribution is 5.38. The smallest absolute Gasteiger partial charge is 0.115 e. The summed E-state index contributed by atoms with van der Waals surface area (Å²) in [6.45, 7) is 2.40. The number of phenols is 1. The van der Waals surface area contributed by atoms with E-state index in [2.05, 4.69) is 30.0 Å². The number of hydrogen-bond donors (Lipinski definition) is 1. The maximum Gasteiger partial charge on any atom is 0.115 e. The standard InChI is InChI=1S/C17H26N2O/c1-18-10-4-6-14(18)12-19(2)17-7-3-5-13-11-15(20)8-9-16(13)17/h8-9,11,14,17,20H,3-7,10,12H2,1-2H3. The minimum absolute atomic E-state index is 0.405. The van der Waals surface area contributed by atoms with Crippen LogP contribution in [-0.4, -0.2) is 48.1 Å². The lowest BCUT2D eigenvalue weighted by atomic mass is 9.86. The number of nitrogens with zero attached hydrogens (tertiary/aromatic N) is 2. The number of aryl methyl sites for hydroxylation is 1. The molecule has 0 saturated carbocycles. The van der Waals surface area contributed by atoms with E-state index in [0.29, 0.717) is 17.8 Å². The fourth-order valence-corrected chi connectivity index (χ4v) is 3.90. The Bertz CT molecular complexity index is 474. The molecule has 0 aromatic heterocycles. The fourth-order valence-electron chi connectivity index (χ4n) is 3.90. The zero-order chi connectivity index (χ0) is 14.1. The molecule has 3 heteroatoms. The molecule has 1 aromatic rings. The van der Waals surface area contributed by atoms with Gasteiger partial charge in [0.1, 0.15) is 5.75 Å². The molecule has 1 aromatic carbocycles. The zero-order valence-corrected chi connectivity index (χ0v) is 12.7. The number of benzene rings is 1. The first kappa shape index (κ1) is 13.9. The molecule has 0 amide bonds. The van der Waals surface area contributed by atoms with Crippen molar-refractivity contribution in [2.45, 2.75) is 44.2 Å². The van der Waals surface area contributed by atoms with Gasteiger partial charge < -0.3 is 10.0 Å². The second kappa shape index (κ2) is 5.74. The van der Waals surface area contributed by atoms with Crippen molar-refractivity contribution in [1.82, 2.24) is 9.80 Å². The van der Waals surface area contributed by atoms with Crippen molar-refractivity contribution in [2.24, 2.45) is 0 Å². The van der Waals surface area contributed by atoms with Crippen molar-refractivity contribution in [2.75, 3.05) is 27.2 Å². The van der Waals surface area contributed by atoms with Crippen molar-refractivity contribution in [3.8, 4) is 5.75 Å². The van der Waals surface area contributed by atoms with Gasteiger partial charge >= 0.3 is 0 Å². The largest absolute Gasteiger partial charge is 0.508 e. The van der Waals surface area contributed by atoms with Crippen LogP contribution in [0.5, 0.6) is 5.75 Å². The molecule has 2 unspecified atom stereocenters. The number of rotatable bonds is 3. The Morgan fingerprint density at radius 2 is 2.15 bits per heavy atom. The lowest BCUT2D eigenvalue weighted by molar-refractivity contribution is 0.164. The fraction of sp³-hybridized carbons (Fsp3) is 0.647. The van der Waals surface area contributed by atoms with Crippen LogP contribution in [0.15, 0.2) is 18.2 Å². The van der Waals surface area contributed by atoms with Gasteiger partial charge in [-0.3, -0.25) is 4.90 Å². The van der Waals surface area contributed by atoms with Crippen LogP contribution < -0.4 is 0 Å². The summed E-state index contributed by atoms with van der Waals surface area (Å²) in [4.78, 5) is 5.03. The van der Waals surface area contributed by atoms with Crippen molar-refractivity contribution in [3.05, 3.63) is 29.3 Å². The predicted octanol–water partition coefficient (Wildman–Crippen LogP) is 2.80. The molecule has 1 fully saturated rings. The molecular formula is C17H26N2O. The van der Waals surface area contributed by atoms with Crippen LogP contribution in [0.25, 0.3) is 0 Å². The summed E-state index contributed by atoms with van der Waals surface area (Å²) >= 11 is 0. The van der Waals surface area contributed by atoms with E-state index in [1.165, 1.54) is 43.4 Å². The molecule has 2 atom stereocenters. The summed E-state index contributed by atoms with van der Waals surface area (Å²) in [7, 11) is 4.51. The Labute approximate surface area is 122 Å². The van der Waals surface area contributed by atoms with Gasteiger partial charge in [0, 0.05) is 18.6 Å². The first-order valence-electron chi connectivity index (χ1n) is 7.87. The number of hydrogen-bond acceptors (Lipinski definition) is 3. The third kappa shape index (κ3) is 2.70. The molecule has 1 heterocycles. The van der Waals surface area contributed by atoms with Crippen molar-refractivity contribution in [3.63, 3.8) is 0 Å². The molecule has 0 spiro atoms. The van der Waals surface area contributed by atoms with E-state index >= 15 is 0 Å². The summed E-state index contributed by atoms with van der Waals surface area (Å²) in [5, 5.41) is 9.66. The van der Waals surface area contributed by atoms with Gasteiger partial charge in [0.2, 0.25) is 0 Å². The van der Waals surface area contributed by atoms with Crippen LogP contribution in [0.2, 0.25) is 0 Å². The molecule has 1 aliphatic heterocycles. The Balaban J connectivity index is 1.74. The second-order valence-corrected chi connectivity index (χ2v) is 6.51. The molecule has 20 heavy (non-hydrogen) atoms. The van der Waals surface area contributed by atoms with Crippen LogP contribution in [0.4, 0.5) is 0 Å². The van der Waals surface area contributed by atoms with Gasteiger partial charge in [-0.25, -0.2) is 0 Å². The van der Waals surface area contributed by atoms with Gasteiger partial charge in [0.05, 0.1) is 0 Å². The van der Waals surface area contributed by atoms with Crippen LogP contribution >= 0.6 is 0 Å². The lowest BCUT2D eigenvalue weighted by Gasteiger charge is -2.36. The van der Waals surface area contributed by atoms with E-state index in [1.807, 2.05) is 12.1 Å². The Morgan fingerprint density at radius 1 is 1.30 bits per heavy atom. The average molecular weight is 274 g/mol. The van der Waals surface area contributed by atoms with E-state index in [-0.39, 0.29) is 0 Å². The van der Waals surface area contributed by atoms with E-state index < -0.39 is 0 Å². The van der Waals surface area contributed by atoms with Crippen molar-refractivity contribution < 1.29 is 5.11 Å². The van der Waals surface area contributed by atoms with E-state index in [9.17, 15) is 5.11 Å². The second-order valence-electron chi connectivity index (χ2n) is 6.51. The Morgan fingerprint density at radius 3 is 2.90 bits per heavy atom. The number of likely N-dealkylation sites (tertiary alicyclic amines) is 1. The van der Waals surface area contributed by atoms with Crippen LogP contribution in [-0.2, 0) is 6.42 Å². The molecule has 0 bridgehead atoms. The molecular weight excluding hydrogens is 248 g/mol. The molecule has 1 N–H and O–H groups in total. The quantitative estimate of drug-likeness (QED) is 0.918. The lowest BCUT2D eigenvalue weighted by Crippen LogP contribution is -2.39. The highest BCUT2D eigenvalue weighted by atomic mass is 16.3. The van der Waals surface area contributed by atoms with Crippen LogP contribution in [0.1, 0.15) is 42.9 Å². The van der Waals surface area contributed by atoms with Crippen molar-refractivity contribution in [1.29, 1.82) is 0 Å². The summed E-state index contributed by atoms with van der Waals surface area (Å²) in [6, 6.07) is 7.16. The maximum atomic E-state index is 9.66. The normalized spacial score (nSPS) is 26.9. The van der Waals surface area contributed by atoms with E-state index in [1.54, 1.807) is 0 Å². The Kier molecular flexibility index (Phi) is 3.99. The molecule has 2 aliphatic rings. The van der Waals surface area contributed by atoms with Gasteiger partial charge in [-0.05, 0) is 76.0 Å². The molecule has 0 radical (unpaired) electrons. The summed E-state index contributed by atoms with van der Waals surface area (Å²) in [5.74, 6) is 0.405. The molecule has 3 nitrogen and oxygen atoms in total. The topological polar surface area (TPSA) is 26.7 Å². The average Bonchev–Trinajstić information content (AvgIpc) is 2.83. The van der Waals surface area contributed by atoms with Gasteiger partial charge in [-0.1, -0.05) is 6.07 Å². The highest BCUT2D eigenvalue weighted by Gasteiger charge is 2.28. The SMILES string of the molecule is CN1CCCC1CN(C)C1CCCc2cc(O)ccc21. The van der Waals surface area contributed by atoms with E-state index in [4.69, 9.17) is 0 Å². The summed E-state index contributed by atoms with van der Waals surface area (Å²) in [6.07, 6.45) is 6.24. The molecule has 3 rings (SSSR count). The third-order valence-electron chi connectivity index (χ3n) is 5.11. The van der Waals surface area contributed by atoms with Gasteiger partial charge in [-0.15, -0.1) is 0 Å². The zero-order valence-electron chi connectivity index (χ0n) is 12.7. The third-order valence-corrected chi connectivity index (χ3v) is 5.11. The van der Waals surface area contributed by atoms with Crippen LogP contribution in [0, 0.1) is 0 Å². The summed E-state index contributed by atoms with van der Waals surface area (Å²) < 4.78 is 0. The number of phenolic OH excluding ortho intramolecular Hbond substituents is 1. The molecule has 1 saturated heterocycles. The predicted molar refractivity (Wildman–Crippen MR) is 82.1 cm³/mol. The maximum absolute atomic E-state index is 9.66. The van der Waals surface area contributed by atoms with Crippen molar-refractivity contribution >= 4 is 0 Å². The minimum Gasteiger partial charge on any atom is -0.508 e. The van der Waals surface area contributed by atoms with Gasteiger partial charge in [0.25, 0.3) is 0 Å². The monoisotopic (exact) mass is 274 g/mol. The van der Waals surface area contributed by atoms with Crippen LogP contribution in [0.3, 0.4) is 0 Å². The number of likely N-dealkylation sites (N-methyl/N-ethyl adjacent to an activating group) is 2. The Hall–Kier alpha value is -1.06.